The first-order valence-corrected chi connectivity index (χ1v) is 4.90. The van der Waals surface area contributed by atoms with Gasteiger partial charge in [-0.1, -0.05) is 0 Å². The fourth-order valence-corrected chi connectivity index (χ4v) is 1.16. The first kappa shape index (κ1) is 13.6. The van der Waals surface area contributed by atoms with Crippen molar-refractivity contribution in [3.8, 4) is 11.8 Å². The Bertz CT molecular complexity index is 512. The highest BCUT2D eigenvalue weighted by atomic mass is 19.1. The third-order valence-electron chi connectivity index (χ3n) is 1.92. The van der Waals surface area contributed by atoms with Gasteiger partial charge in [-0.2, -0.15) is 5.26 Å². The van der Waals surface area contributed by atoms with Crippen LogP contribution in [0.1, 0.15) is 12.5 Å². The summed E-state index contributed by atoms with van der Waals surface area (Å²) in [6.07, 6.45) is 0.813. The average molecular weight is 253 g/mol. The van der Waals surface area contributed by atoms with Crippen LogP contribution < -0.4 is 4.74 Å². The molecule has 0 spiro atoms. The van der Waals surface area contributed by atoms with E-state index in [1.54, 1.807) is 6.07 Å². The van der Waals surface area contributed by atoms with Gasteiger partial charge in [-0.05, 0) is 30.7 Å². The van der Waals surface area contributed by atoms with Crippen molar-refractivity contribution in [1.29, 1.82) is 5.26 Å². The number of nitriles is 1. The number of aliphatic carboxylic acids is 1. The molecule has 0 aliphatic rings. The number of carboxylic acid groups (broad SMARTS) is 1. The maximum atomic E-state index is 13.5. The van der Waals surface area contributed by atoms with Crippen molar-refractivity contribution in [2.24, 2.45) is 0 Å². The SMILES string of the molecule is CC(C#N)Oc1c(F)cc(C=CC(=O)O)cc1F. The summed E-state index contributed by atoms with van der Waals surface area (Å²) in [5, 5.41) is 16.9. The van der Waals surface area contributed by atoms with Crippen molar-refractivity contribution in [3.63, 3.8) is 0 Å². The number of hydrogen-bond donors (Lipinski definition) is 1. The Balaban J connectivity index is 3.05. The minimum absolute atomic E-state index is 0.0457. The van der Waals surface area contributed by atoms with Crippen LogP contribution in [0.25, 0.3) is 6.08 Å². The Labute approximate surface area is 102 Å². The van der Waals surface area contributed by atoms with Gasteiger partial charge in [0.2, 0.25) is 0 Å². The summed E-state index contributed by atoms with van der Waals surface area (Å²) in [5.74, 6) is -3.88. The van der Waals surface area contributed by atoms with E-state index in [-0.39, 0.29) is 5.56 Å². The molecule has 0 aliphatic carbocycles. The van der Waals surface area contributed by atoms with Gasteiger partial charge in [-0.25, -0.2) is 13.6 Å². The Morgan fingerprint density at radius 1 is 1.50 bits per heavy atom. The summed E-state index contributed by atoms with van der Waals surface area (Å²) in [7, 11) is 0. The number of carbonyl (C=O) groups is 1. The summed E-state index contributed by atoms with van der Waals surface area (Å²) >= 11 is 0. The Morgan fingerprint density at radius 3 is 2.50 bits per heavy atom. The lowest BCUT2D eigenvalue weighted by Crippen LogP contribution is -2.10. The molecular weight excluding hydrogens is 244 g/mol. The molecule has 0 fully saturated rings. The molecule has 0 radical (unpaired) electrons. The zero-order valence-electron chi connectivity index (χ0n) is 9.35. The van der Waals surface area contributed by atoms with Crippen molar-refractivity contribution >= 4 is 12.0 Å². The van der Waals surface area contributed by atoms with Crippen LogP contribution in [0.15, 0.2) is 18.2 Å². The van der Waals surface area contributed by atoms with Crippen LogP contribution in [0.4, 0.5) is 8.78 Å². The third kappa shape index (κ3) is 3.56. The van der Waals surface area contributed by atoms with E-state index in [1.807, 2.05) is 0 Å². The highest BCUT2D eigenvalue weighted by Crippen LogP contribution is 2.24. The Morgan fingerprint density at radius 2 is 2.06 bits per heavy atom. The molecule has 1 rings (SSSR count). The molecular formula is C12H9F2NO3. The number of halogens is 2. The van der Waals surface area contributed by atoms with E-state index in [2.05, 4.69) is 0 Å². The van der Waals surface area contributed by atoms with Crippen molar-refractivity contribution in [1.82, 2.24) is 0 Å². The second-order valence-corrected chi connectivity index (χ2v) is 3.37. The summed E-state index contributed by atoms with van der Waals surface area (Å²) in [6, 6.07) is 3.51. The van der Waals surface area contributed by atoms with Crippen molar-refractivity contribution < 1.29 is 23.4 Å². The largest absolute Gasteiger partial charge is 0.478 e. The first-order chi connectivity index (χ1) is 8.43. The molecule has 0 amide bonds. The fourth-order valence-electron chi connectivity index (χ4n) is 1.16. The van der Waals surface area contributed by atoms with Gasteiger partial charge in [0, 0.05) is 6.08 Å². The predicted octanol–water partition coefficient (Wildman–Crippen LogP) is 2.35. The van der Waals surface area contributed by atoms with Gasteiger partial charge in [-0.3, -0.25) is 0 Å². The first-order valence-electron chi connectivity index (χ1n) is 4.90. The Hall–Kier alpha value is -2.42. The molecule has 0 saturated heterocycles. The molecule has 0 bridgehead atoms. The zero-order valence-corrected chi connectivity index (χ0v) is 9.35. The van der Waals surface area contributed by atoms with Crippen LogP contribution in [0.5, 0.6) is 5.75 Å². The average Bonchev–Trinajstić information content (AvgIpc) is 2.30. The third-order valence-corrected chi connectivity index (χ3v) is 1.92. The van der Waals surface area contributed by atoms with Gasteiger partial charge in [0.15, 0.2) is 23.5 Å². The van der Waals surface area contributed by atoms with E-state index in [0.717, 1.165) is 24.3 Å². The number of rotatable bonds is 4. The number of carboxylic acids is 1. The van der Waals surface area contributed by atoms with Crippen molar-refractivity contribution in [2.75, 3.05) is 0 Å². The van der Waals surface area contributed by atoms with Gasteiger partial charge in [0.1, 0.15) is 6.07 Å². The standard InChI is InChI=1S/C12H9F2NO3/c1-7(6-15)18-12-9(13)4-8(5-10(12)14)2-3-11(16)17/h2-5,7H,1H3,(H,16,17). The van der Waals surface area contributed by atoms with Gasteiger partial charge in [0.05, 0.1) is 0 Å². The lowest BCUT2D eigenvalue weighted by Gasteiger charge is -2.10. The van der Waals surface area contributed by atoms with Crippen molar-refractivity contribution in [2.45, 2.75) is 13.0 Å². The summed E-state index contributed by atoms with van der Waals surface area (Å²) in [5.41, 5.74) is 0.0457. The maximum absolute atomic E-state index is 13.5. The van der Waals surface area contributed by atoms with Crippen LogP contribution in [-0.2, 0) is 4.79 Å². The van der Waals surface area contributed by atoms with Crippen LogP contribution in [0.2, 0.25) is 0 Å². The van der Waals surface area contributed by atoms with E-state index in [9.17, 15) is 13.6 Å². The lowest BCUT2D eigenvalue weighted by molar-refractivity contribution is -0.131. The van der Waals surface area contributed by atoms with E-state index in [4.69, 9.17) is 15.1 Å². The zero-order chi connectivity index (χ0) is 13.7. The predicted molar refractivity (Wildman–Crippen MR) is 58.7 cm³/mol. The molecule has 94 valence electrons. The second kappa shape index (κ2) is 5.77. The molecule has 1 aromatic rings. The highest BCUT2D eigenvalue weighted by Gasteiger charge is 2.14. The number of ether oxygens (including phenoxy) is 1. The van der Waals surface area contributed by atoms with Gasteiger partial charge < -0.3 is 9.84 Å². The highest BCUT2D eigenvalue weighted by molar-refractivity contribution is 5.85. The van der Waals surface area contributed by atoms with Crippen LogP contribution in [0, 0.1) is 23.0 Å². The quantitative estimate of drug-likeness (QED) is 0.836. The van der Waals surface area contributed by atoms with Gasteiger partial charge in [0.25, 0.3) is 0 Å². The minimum atomic E-state index is -1.23. The van der Waals surface area contributed by atoms with Crippen LogP contribution in [0.3, 0.4) is 0 Å². The molecule has 18 heavy (non-hydrogen) atoms. The molecule has 1 aromatic carbocycles. The molecule has 0 aromatic heterocycles. The molecule has 0 heterocycles. The number of benzene rings is 1. The normalized spacial score (nSPS) is 12.1. The molecule has 6 heteroatoms. The van der Waals surface area contributed by atoms with Crippen LogP contribution in [-0.4, -0.2) is 17.2 Å². The van der Waals surface area contributed by atoms with Crippen LogP contribution >= 0.6 is 0 Å². The maximum Gasteiger partial charge on any atom is 0.328 e. The van der Waals surface area contributed by atoms with E-state index >= 15 is 0 Å². The second-order valence-electron chi connectivity index (χ2n) is 3.37. The molecule has 1 atom stereocenters. The van der Waals surface area contributed by atoms with E-state index in [1.165, 1.54) is 6.92 Å². The lowest BCUT2D eigenvalue weighted by atomic mass is 10.2. The Kier molecular flexibility index (Phi) is 4.38. The molecule has 0 saturated carbocycles. The monoisotopic (exact) mass is 253 g/mol. The summed E-state index contributed by atoms with van der Waals surface area (Å²) in [6.45, 7) is 1.34. The van der Waals surface area contributed by atoms with Gasteiger partial charge >= 0.3 is 5.97 Å². The molecule has 1 N–H and O–H groups in total. The van der Waals surface area contributed by atoms with Gasteiger partial charge in [-0.15, -0.1) is 0 Å². The smallest absolute Gasteiger partial charge is 0.328 e. The van der Waals surface area contributed by atoms with E-state index in [0.29, 0.717) is 0 Å². The minimum Gasteiger partial charge on any atom is -0.478 e. The molecule has 1 unspecified atom stereocenters. The number of hydrogen-bond acceptors (Lipinski definition) is 3. The summed E-state index contributed by atoms with van der Waals surface area (Å²) in [4.78, 5) is 10.3. The molecule has 4 nitrogen and oxygen atoms in total. The molecule has 0 aliphatic heterocycles. The summed E-state index contributed by atoms with van der Waals surface area (Å²) < 4.78 is 31.7. The fraction of sp³-hybridized carbons (Fsp3) is 0.167. The number of nitrogens with zero attached hydrogens (tertiary/aromatic N) is 1. The topological polar surface area (TPSA) is 70.3 Å². The van der Waals surface area contributed by atoms with Crippen molar-refractivity contribution in [3.05, 3.63) is 35.4 Å². The van der Waals surface area contributed by atoms with E-state index < -0.39 is 29.5 Å².